The average molecular weight is 378 g/mol. The number of anilines is 1. The minimum Gasteiger partial charge on any atom is -0.481 e. The standard InChI is InChI=1S/C22H26N4O2/c1-14(28-19-8-6-7-17(13-19)22(3,4)5)21(27)24-18-11-9-16(10-12-18)20-23-15(2)25-26-20/h6-14H,1-5H3,(H,24,27)(H,23,25,26). The Morgan fingerprint density at radius 2 is 1.86 bits per heavy atom. The summed E-state index contributed by atoms with van der Waals surface area (Å²) in [5.74, 6) is 1.87. The van der Waals surface area contributed by atoms with E-state index in [1.165, 1.54) is 0 Å². The number of hydrogen-bond donors (Lipinski definition) is 2. The summed E-state index contributed by atoms with van der Waals surface area (Å²) in [5.41, 5.74) is 2.76. The fourth-order valence-corrected chi connectivity index (χ4v) is 2.71. The van der Waals surface area contributed by atoms with E-state index in [0.29, 0.717) is 17.3 Å². The fraction of sp³-hybridized carbons (Fsp3) is 0.318. The van der Waals surface area contributed by atoms with E-state index < -0.39 is 6.10 Å². The second kappa shape index (κ2) is 7.84. The maximum atomic E-state index is 12.5. The van der Waals surface area contributed by atoms with Gasteiger partial charge in [0.1, 0.15) is 11.6 Å². The second-order valence-corrected chi connectivity index (χ2v) is 7.85. The van der Waals surface area contributed by atoms with Gasteiger partial charge in [-0.25, -0.2) is 4.98 Å². The third-order valence-corrected chi connectivity index (χ3v) is 4.39. The highest BCUT2D eigenvalue weighted by Crippen LogP contribution is 2.26. The Kier molecular flexibility index (Phi) is 5.49. The van der Waals surface area contributed by atoms with Crippen molar-refractivity contribution in [3.63, 3.8) is 0 Å². The molecule has 0 saturated heterocycles. The van der Waals surface area contributed by atoms with Crippen LogP contribution in [0.2, 0.25) is 0 Å². The van der Waals surface area contributed by atoms with Crippen LogP contribution in [-0.2, 0) is 10.2 Å². The fourth-order valence-electron chi connectivity index (χ4n) is 2.71. The van der Waals surface area contributed by atoms with Crippen molar-refractivity contribution in [1.29, 1.82) is 0 Å². The SMILES string of the molecule is Cc1nc(-c2ccc(NC(=O)C(C)Oc3cccc(C(C)(C)C)c3)cc2)n[nH]1. The molecule has 0 aliphatic rings. The molecule has 1 heterocycles. The summed E-state index contributed by atoms with van der Waals surface area (Å²) >= 11 is 0. The average Bonchev–Trinajstić information content (AvgIpc) is 3.08. The molecule has 0 aliphatic heterocycles. The number of benzene rings is 2. The first-order chi connectivity index (χ1) is 13.2. The zero-order valence-electron chi connectivity index (χ0n) is 16.9. The van der Waals surface area contributed by atoms with Crippen molar-refractivity contribution in [3.8, 4) is 17.1 Å². The van der Waals surface area contributed by atoms with Crippen molar-refractivity contribution < 1.29 is 9.53 Å². The van der Waals surface area contributed by atoms with E-state index in [2.05, 4.69) is 47.3 Å². The molecule has 3 rings (SSSR count). The van der Waals surface area contributed by atoms with E-state index in [0.717, 1.165) is 17.0 Å². The molecule has 146 valence electrons. The number of carbonyl (C=O) groups excluding carboxylic acids is 1. The van der Waals surface area contributed by atoms with Crippen molar-refractivity contribution >= 4 is 11.6 Å². The van der Waals surface area contributed by atoms with Gasteiger partial charge >= 0.3 is 0 Å². The minimum atomic E-state index is -0.620. The largest absolute Gasteiger partial charge is 0.481 e. The van der Waals surface area contributed by atoms with E-state index in [-0.39, 0.29) is 11.3 Å². The van der Waals surface area contributed by atoms with Gasteiger partial charge in [0, 0.05) is 11.3 Å². The van der Waals surface area contributed by atoms with E-state index >= 15 is 0 Å². The number of ether oxygens (including phenoxy) is 1. The summed E-state index contributed by atoms with van der Waals surface area (Å²) in [6.45, 7) is 10.0. The zero-order chi connectivity index (χ0) is 20.3. The highest BCUT2D eigenvalue weighted by atomic mass is 16.5. The molecule has 1 unspecified atom stereocenters. The highest BCUT2D eigenvalue weighted by molar-refractivity contribution is 5.94. The van der Waals surface area contributed by atoms with Crippen LogP contribution in [0.15, 0.2) is 48.5 Å². The molecule has 1 aromatic heterocycles. The first-order valence-corrected chi connectivity index (χ1v) is 9.30. The quantitative estimate of drug-likeness (QED) is 0.686. The molecule has 0 spiro atoms. The number of amides is 1. The molecule has 2 N–H and O–H groups in total. The van der Waals surface area contributed by atoms with Gasteiger partial charge in [0.2, 0.25) is 0 Å². The number of aryl methyl sites for hydroxylation is 1. The predicted octanol–water partition coefficient (Wildman–Crippen LogP) is 4.48. The van der Waals surface area contributed by atoms with Crippen LogP contribution in [0, 0.1) is 6.92 Å². The molecule has 0 radical (unpaired) electrons. The van der Waals surface area contributed by atoms with Gasteiger partial charge < -0.3 is 10.1 Å². The van der Waals surface area contributed by atoms with Gasteiger partial charge in [-0.3, -0.25) is 9.89 Å². The third kappa shape index (κ3) is 4.76. The number of nitrogens with one attached hydrogen (secondary N) is 2. The first-order valence-electron chi connectivity index (χ1n) is 9.30. The van der Waals surface area contributed by atoms with Gasteiger partial charge in [0.15, 0.2) is 11.9 Å². The molecule has 2 aromatic carbocycles. The summed E-state index contributed by atoms with van der Waals surface area (Å²) in [6, 6.07) is 15.3. The van der Waals surface area contributed by atoms with Crippen LogP contribution in [0.4, 0.5) is 5.69 Å². The third-order valence-electron chi connectivity index (χ3n) is 4.39. The lowest BCUT2D eigenvalue weighted by atomic mass is 9.87. The van der Waals surface area contributed by atoms with Crippen molar-refractivity contribution in [2.45, 2.75) is 46.1 Å². The molecular weight excluding hydrogens is 352 g/mol. The molecule has 1 amide bonds. The second-order valence-electron chi connectivity index (χ2n) is 7.85. The maximum absolute atomic E-state index is 12.5. The number of H-pyrrole nitrogens is 1. The van der Waals surface area contributed by atoms with Crippen LogP contribution < -0.4 is 10.1 Å². The van der Waals surface area contributed by atoms with Crippen LogP contribution in [0.5, 0.6) is 5.75 Å². The van der Waals surface area contributed by atoms with Crippen LogP contribution in [-0.4, -0.2) is 27.2 Å². The number of carbonyl (C=O) groups is 1. The van der Waals surface area contributed by atoms with E-state index in [9.17, 15) is 4.79 Å². The Bertz CT molecular complexity index is 955. The highest BCUT2D eigenvalue weighted by Gasteiger charge is 2.18. The first kappa shape index (κ1) is 19.6. The number of aromatic amines is 1. The summed E-state index contributed by atoms with van der Waals surface area (Å²) < 4.78 is 5.84. The minimum absolute atomic E-state index is 0.0222. The smallest absolute Gasteiger partial charge is 0.265 e. The molecule has 0 fully saturated rings. The predicted molar refractivity (Wildman–Crippen MR) is 110 cm³/mol. The molecule has 28 heavy (non-hydrogen) atoms. The van der Waals surface area contributed by atoms with Crippen LogP contribution >= 0.6 is 0 Å². The Balaban J connectivity index is 1.63. The number of rotatable bonds is 5. The Hall–Kier alpha value is -3.15. The van der Waals surface area contributed by atoms with Gasteiger partial charge in [0.05, 0.1) is 0 Å². The Labute approximate surface area is 165 Å². The van der Waals surface area contributed by atoms with E-state index in [1.807, 2.05) is 49.4 Å². The normalized spacial score (nSPS) is 12.5. The summed E-state index contributed by atoms with van der Waals surface area (Å²) in [4.78, 5) is 16.8. The van der Waals surface area contributed by atoms with E-state index in [1.54, 1.807) is 6.92 Å². The summed E-state index contributed by atoms with van der Waals surface area (Å²) in [6.07, 6.45) is -0.620. The summed E-state index contributed by atoms with van der Waals surface area (Å²) in [7, 11) is 0. The number of aromatic nitrogens is 3. The Morgan fingerprint density at radius 1 is 1.14 bits per heavy atom. The van der Waals surface area contributed by atoms with Gasteiger partial charge in [-0.1, -0.05) is 32.9 Å². The lowest BCUT2D eigenvalue weighted by Crippen LogP contribution is -2.30. The zero-order valence-corrected chi connectivity index (χ0v) is 16.9. The molecule has 0 saturated carbocycles. The number of hydrogen-bond acceptors (Lipinski definition) is 4. The van der Waals surface area contributed by atoms with Crippen molar-refractivity contribution in [3.05, 3.63) is 59.9 Å². The van der Waals surface area contributed by atoms with Crippen LogP contribution in [0.3, 0.4) is 0 Å². The van der Waals surface area contributed by atoms with Crippen molar-refractivity contribution in [2.24, 2.45) is 0 Å². The molecular formula is C22H26N4O2. The summed E-state index contributed by atoms with van der Waals surface area (Å²) in [5, 5.41) is 9.83. The number of nitrogens with zero attached hydrogens (tertiary/aromatic N) is 2. The molecule has 6 nitrogen and oxygen atoms in total. The van der Waals surface area contributed by atoms with Gasteiger partial charge in [-0.05, 0) is 61.2 Å². The topological polar surface area (TPSA) is 79.9 Å². The lowest BCUT2D eigenvalue weighted by Gasteiger charge is -2.21. The van der Waals surface area contributed by atoms with Crippen LogP contribution in [0.25, 0.3) is 11.4 Å². The monoisotopic (exact) mass is 378 g/mol. The molecule has 0 bridgehead atoms. The lowest BCUT2D eigenvalue weighted by molar-refractivity contribution is -0.122. The van der Waals surface area contributed by atoms with E-state index in [4.69, 9.17) is 4.74 Å². The van der Waals surface area contributed by atoms with Crippen molar-refractivity contribution in [1.82, 2.24) is 15.2 Å². The molecule has 3 aromatic rings. The molecule has 0 aliphatic carbocycles. The molecule has 6 heteroatoms. The van der Waals surface area contributed by atoms with Gasteiger partial charge in [-0.15, -0.1) is 0 Å². The maximum Gasteiger partial charge on any atom is 0.265 e. The Morgan fingerprint density at radius 3 is 2.46 bits per heavy atom. The van der Waals surface area contributed by atoms with Crippen LogP contribution in [0.1, 0.15) is 39.1 Å². The van der Waals surface area contributed by atoms with Crippen molar-refractivity contribution in [2.75, 3.05) is 5.32 Å². The van der Waals surface area contributed by atoms with Gasteiger partial charge in [0.25, 0.3) is 5.91 Å². The van der Waals surface area contributed by atoms with Gasteiger partial charge in [-0.2, -0.15) is 5.10 Å². The molecule has 1 atom stereocenters.